The summed E-state index contributed by atoms with van der Waals surface area (Å²) >= 11 is 8.85. The van der Waals surface area contributed by atoms with Gasteiger partial charge in [-0.3, -0.25) is 5.10 Å². The molecular weight excluding hydrogens is 459 g/mol. The van der Waals surface area contributed by atoms with Crippen molar-refractivity contribution in [1.29, 1.82) is 0 Å². The molecule has 0 unspecified atom stereocenters. The molecule has 0 amide bonds. The highest BCUT2D eigenvalue weighted by molar-refractivity contribution is 9.10. The van der Waals surface area contributed by atoms with E-state index in [4.69, 9.17) is 21.7 Å². The minimum absolute atomic E-state index is 0.274. The summed E-state index contributed by atoms with van der Waals surface area (Å²) in [6.07, 6.45) is 1.80. The van der Waals surface area contributed by atoms with Gasteiger partial charge in [-0.15, -0.1) is 0 Å². The third kappa shape index (κ3) is 5.36. The number of rotatable bonds is 9. The Balaban J connectivity index is 1.73. The van der Waals surface area contributed by atoms with Crippen molar-refractivity contribution in [1.82, 2.24) is 14.9 Å². The number of nitrogens with zero attached hydrogens (tertiary/aromatic N) is 2. The first-order chi connectivity index (χ1) is 14.0. The van der Waals surface area contributed by atoms with E-state index >= 15 is 0 Å². The molecule has 0 spiro atoms. The summed E-state index contributed by atoms with van der Waals surface area (Å²) in [5.41, 5.74) is 5.13. The summed E-state index contributed by atoms with van der Waals surface area (Å²) in [6.45, 7) is 2.92. The Kier molecular flexibility index (Phi) is 7.27. The second-order valence-electron chi connectivity index (χ2n) is 6.39. The van der Waals surface area contributed by atoms with Crippen molar-refractivity contribution < 1.29 is 13.9 Å². The Morgan fingerprint density at radius 3 is 2.69 bits per heavy atom. The Hall–Kier alpha value is -2.39. The molecule has 6 nitrogen and oxygen atoms in total. The second kappa shape index (κ2) is 9.89. The summed E-state index contributed by atoms with van der Waals surface area (Å²) in [4.78, 5) is 0. The van der Waals surface area contributed by atoms with Crippen LogP contribution >= 0.6 is 28.1 Å². The van der Waals surface area contributed by atoms with E-state index in [-0.39, 0.29) is 5.82 Å². The van der Waals surface area contributed by atoms with Crippen LogP contribution < -0.4 is 14.9 Å². The van der Waals surface area contributed by atoms with Crippen molar-refractivity contribution in [3.05, 3.63) is 68.4 Å². The van der Waals surface area contributed by atoms with Gasteiger partial charge in [-0.25, -0.2) is 9.07 Å². The van der Waals surface area contributed by atoms with Gasteiger partial charge in [-0.05, 0) is 70.0 Å². The molecule has 0 atom stereocenters. The van der Waals surface area contributed by atoms with Crippen LogP contribution in [0.5, 0.6) is 11.5 Å². The number of benzene rings is 2. The van der Waals surface area contributed by atoms with Crippen LogP contribution in [0, 0.1) is 10.6 Å². The van der Waals surface area contributed by atoms with Crippen LogP contribution in [0.1, 0.15) is 30.3 Å². The first-order valence-corrected chi connectivity index (χ1v) is 10.4. The van der Waals surface area contributed by atoms with Gasteiger partial charge in [0.1, 0.15) is 12.4 Å². The van der Waals surface area contributed by atoms with E-state index in [2.05, 4.69) is 38.5 Å². The lowest BCUT2D eigenvalue weighted by molar-refractivity contribution is 0.282. The van der Waals surface area contributed by atoms with Crippen LogP contribution in [0.3, 0.4) is 0 Å². The standard InChI is InChI=1S/C20H22BrFN4O2S/c1-3-4-18-24-25-20(29)26(18)23-11-14-9-16(21)19(17(10-14)27-2)28-12-13-5-7-15(22)8-6-13/h5-10,23H,3-4,11-12H2,1-2H3,(H,25,29). The van der Waals surface area contributed by atoms with Crippen LogP contribution in [0.15, 0.2) is 40.9 Å². The molecule has 2 aromatic carbocycles. The zero-order valence-corrected chi connectivity index (χ0v) is 18.6. The van der Waals surface area contributed by atoms with Crippen LogP contribution in [0.2, 0.25) is 0 Å². The molecule has 3 aromatic rings. The minimum atomic E-state index is -0.274. The number of hydrogen-bond acceptors (Lipinski definition) is 5. The van der Waals surface area contributed by atoms with Gasteiger partial charge in [0.2, 0.25) is 4.77 Å². The average Bonchev–Trinajstić information content (AvgIpc) is 3.06. The van der Waals surface area contributed by atoms with Crippen molar-refractivity contribution >= 4 is 28.1 Å². The van der Waals surface area contributed by atoms with Gasteiger partial charge in [0.25, 0.3) is 0 Å². The largest absolute Gasteiger partial charge is 0.493 e. The van der Waals surface area contributed by atoms with E-state index in [1.165, 1.54) is 12.1 Å². The first kappa shape index (κ1) is 21.3. The van der Waals surface area contributed by atoms with Crippen molar-refractivity contribution in [3.8, 4) is 11.5 Å². The summed E-state index contributed by atoms with van der Waals surface area (Å²) < 4.78 is 27.6. The molecule has 29 heavy (non-hydrogen) atoms. The number of nitrogens with one attached hydrogen (secondary N) is 2. The van der Waals surface area contributed by atoms with Gasteiger partial charge in [0.05, 0.1) is 18.1 Å². The Labute approximate surface area is 182 Å². The lowest BCUT2D eigenvalue weighted by Gasteiger charge is -2.16. The summed E-state index contributed by atoms with van der Waals surface area (Å²) in [5, 5.41) is 7.06. The number of halogens is 2. The van der Waals surface area contributed by atoms with Crippen LogP contribution in [0.25, 0.3) is 0 Å². The zero-order valence-electron chi connectivity index (χ0n) is 16.2. The third-order valence-electron chi connectivity index (χ3n) is 4.24. The van der Waals surface area contributed by atoms with Gasteiger partial charge in [0, 0.05) is 6.42 Å². The number of H-pyrrole nitrogens is 1. The number of aromatic amines is 1. The monoisotopic (exact) mass is 480 g/mol. The molecule has 3 rings (SSSR count). The molecule has 0 fully saturated rings. The molecule has 2 N–H and O–H groups in total. The minimum Gasteiger partial charge on any atom is -0.493 e. The molecule has 0 saturated heterocycles. The third-order valence-corrected chi connectivity index (χ3v) is 5.11. The van der Waals surface area contributed by atoms with E-state index in [0.29, 0.717) is 29.4 Å². The fourth-order valence-electron chi connectivity index (χ4n) is 2.81. The zero-order chi connectivity index (χ0) is 20.8. The normalized spacial score (nSPS) is 10.8. The smallest absolute Gasteiger partial charge is 0.214 e. The fraction of sp³-hybridized carbons (Fsp3) is 0.300. The summed E-state index contributed by atoms with van der Waals surface area (Å²) in [6, 6.07) is 10.1. The highest BCUT2D eigenvalue weighted by Gasteiger charge is 2.13. The predicted molar refractivity (Wildman–Crippen MR) is 116 cm³/mol. The molecule has 0 saturated carbocycles. The molecule has 154 valence electrons. The maximum Gasteiger partial charge on any atom is 0.214 e. The molecule has 0 aliphatic rings. The number of methoxy groups -OCH3 is 1. The van der Waals surface area contributed by atoms with Gasteiger partial charge < -0.3 is 14.9 Å². The SMILES string of the molecule is CCCc1n[nH]c(=S)n1NCc1cc(Br)c(OCc2ccc(F)cc2)c(OC)c1. The van der Waals surface area contributed by atoms with Crippen LogP contribution in [0.4, 0.5) is 4.39 Å². The quantitative estimate of drug-likeness (QED) is 0.415. The van der Waals surface area contributed by atoms with Crippen molar-refractivity contribution in [2.24, 2.45) is 0 Å². The van der Waals surface area contributed by atoms with Gasteiger partial charge in [0.15, 0.2) is 17.3 Å². The fourth-order valence-corrected chi connectivity index (χ4v) is 3.63. The molecular formula is C20H22BrFN4O2S. The molecule has 0 aliphatic heterocycles. The highest BCUT2D eigenvalue weighted by Crippen LogP contribution is 2.37. The molecule has 0 bridgehead atoms. The van der Waals surface area contributed by atoms with E-state index in [1.807, 2.05) is 12.1 Å². The van der Waals surface area contributed by atoms with Crippen molar-refractivity contribution in [2.45, 2.75) is 32.9 Å². The summed E-state index contributed by atoms with van der Waals surface area (Å²) in [5.74, 6) is 1.78. The predicted octanol–water partition coefficient (Wildman–Crippen LogP) is 5.13. The number of aryl methyl sites for hydroxylation is 1. The maximum absolute atomic E-state index is 13.1. The molecule has 1 aromatic heterocycles. The molecule has 0 radical (unpaired) electrons. The molecule has 0 aliphatic carbocycles. The Morgan fingerprint density at radius 2 is 2.00 bits per heavy atom. The van der Waals surface area contributed by atoms with Crippen molar-refractivity contribution in [2.75, 3.05) is 12.5 Å². The highest BCUT2D eigenvalue weighted by atomic mass is 79.9. The van der Waals surface area contributed by atoms with E-state index in [9.17, 15) is 4.39 Å². The van der Waals surface area contributed by atoms with E-state index < -0.39 is 0 Å². The maximum atomic E-state index is 13.1. The number of hydrogen-bond donors (Lipinski definition) is 2. The summed E-state index contributed by atoms with van der Waals surface area (Å²) in [7, 11) is 1.59. The Morgan fingerprint density at radius 1 is 1.24 bits per heavy atom. The Bertz CT molecular complexity index is 1020. The molecule has 1 heterocycles. The first-order valence-electron chi connectivity index (χ1n) is 9.15. The molecule has 9 heteroatoms. The van der Waals surface area contributed by atoms with E-state index in [0.717, 1.165) is 34.3 Å². The lowest BCUT2D eigenvalue weighted by Crippen LogP contribution is -2.17. The van der Waals surface area contributed by atoms with Gasteiger partial charge in [-0.1, -0.05) is 19.1 Å². The topological polar surface area (TPSA) is 64.1 Å². The number of aromatic nitrogens is 3. The lowest BCUT2D eigenvalue weighted by atomic mass is 10.2. The van der Waals surface area contributed by atoms with Crippen LogP contribution in [-0.2, 0) is 19.6 Å². The second-order valence-corrected chi connectivity index (χ2v) is 7.63. The van der Waals surface area contributed by atoms with Crippen LogP contribution in [-0.4, -0.2) is 22.0 Å². The van der Waals surface area contributed by atoms with Gasteiger partial charge >= 0.3 is 0 Å². The van der Waals surface area contributed by atoms with E-state index in [1.54, 1.807) is 23.9 Å². The number of ether oxygens (including phenoxy) is 2. The van der Waals surface area contributed by atoms with Crippen molar-refractivity contribution in [3.63, 3.8) is 0 Å². The van der Waals surface area contributed by atoms with Gasteiger partial charge in [-0.2, -0.15) is 5.10 Å². The average molecular weight is 481 g/mol.